The first-order valence-electron chi connectivity index (χ1n) is 35.2. The van der Waals surface area contributed by atoms with E-state index in [1.807, 2.05) is 27.2 Å². The molecule has 0 aromatic carbocycles. The average molecular weight is 1240 g/mol. The van der Waals surface area contributed by atoms with E-state index in [0.717, 1.165) is 116 Å². The number of likely N-dealkylation sites (N-methyl/N-ethyl adjacent to an activating group) is 1. The first-order chi connectivity index (χ1) is 43.0. The lowest BCUT2D eigenvalue weighted by molar-refractivity contribution is -0.870. The summed E-state index contributed by atoms with van der Waals surface area (Å²) in [6.07, 6.45) is 108. The Labute approximate surface area is 542 Å². The van der Waals surface area contributed by atoms with Crippen molar-refractivity contribution >= 4 is 13.7 Å². The van der Waals surface area contributed by atoms with Crippen molar-refractivity contribution in [2.24, 2.45) is 0 Å². The second-order valence-electron chi connectivity index (χ2n) is 24.2. The van der Waals surface area contributed by atoms with E-state index in [4.69, 9.17) is 9.05 Å². The monoisotopic (exact) mass is 1240 g/mol. The van der Waals surface area contributed by atoms with Crippen molar-refractivity contribution in [1.82, 2.24) is 5.32 Å². The fourth-order valence-electron chi connectivity index (χ4n) is 9.17. The number of aliphatic hydroxyl groups is 1. The average Bonchev–Trinajstić information content (AvgIpc) is 3.70. The number of hydrogen-bond acceptors (Lipinski definition) is 5. The lowest BCUT2D eigenvalue weighted by atomic mass is 10.0. The molecule has 498 valence electrons. The zero-order valence-corrected chi connectivity index (χ0v) is 57.8. The molecule has 0 aliphatic rings. The number of carbonyl (C=O) groups is 1. The van der Waals surface area contributed by atoms with Gasteiger partial charge < -0.3 is 19.8 Å². The van der Waals surface area contributed by atoms with Crippen LogP contribution in [0.3, 0.4) is 0 Å². The SMILES string of the molecule is CC/C=C\C/C=C\C/C=C\C/C=C\C/C=C\C/C=C\C/C=C\C/C=C\C/C=C\C/C=C\C/C=C\C/C=C\CCCCC(=O)NC(COP(=O)(O)OCC[N+](C)(C)C)C(O)/C=C/CC/C=C/CC/C=C/CCCCCCCCCCCCCCCCCCC. The van der Waals surface area contributed by atoms with Gasteiger partial charge in [0.2, 0.25) is 5.91 Å². The van der Waals surface area contributed by atoms with Crippen LogP contribution in [0.4, 0.5) is 0 Å². The van der Waals surface area contributed by atoms with Crippen LogP contribution in [-0.4, -0.2) is 73.4 Å². The van der Waals surface area contributed by atoms with Crippen molar-refractivity contribution in [2.45, 2.75) is 270 Å². The second-order valence-corrected chi connectivity index (χ2v) is 25.6. The summed E-state index contributed by atoms with van der Waals surface area (Å²) >= 11 is 0. The van der Waals surface area contributed by atoms with Gasteiger partial charge in [0.15, 0.2) is 0 Å². The highest BCUT2D eigenvalue weighted by molar-refractivity contribution is 7.47. The van der Waals surface area contributed by atoms with Gasteiger partial charge >= 0.3 is 7.82 Å². The van der Waals surface area contributed by atoms with E-state index < -0.39 is 20.0 Å². The molecule has 8 nitrogen and oxygen atoms in total. The third-order valence-electron chi connectivity index (χ3n) is 14.6. The van der Waals surface area contributed by atoms with E-state index in [-0.39, 0.29) is 25.5 Å². The molecule has 0 aromatic rings. The number of unbranched alkanes of at least 4 members (excludes halogenated alkanes) is 21. The molecule has 3 unspecified atom stereocenters. The Bertz CT molecular complexity index is 2090. The van der Waals surface area contributed by atoms with Crippen LogP contribution in [0, 0.1) is 0 Å². The Morgan fingerprint density at radius 2 is 0.693 bits per heavy atom. The smallest absolute Gasteiger partial charge is 0.387 e. The number of quaternary nitrogens is 1. The highest BCUT2D eigenvalue weighted by Crippen LogP contribution is 2.43. The van der Waals surface area contributed by atoms with Gasteiger partial charge in [0.25, 0.3) is 0 Å². The summed E-state index contributed by atoms with van der Waals surface area (Å²) in [5.74, 6) is -0.239. The number of phosphoric ester groups is 1. The van der Waals surface area contributed by atoms with Crippen LogP contribution in [0.15, 0.2) is 182 Å². The molecule has 0 saturated carbocycles. The van der Waals surface area contributed by atoms with Crippen LogP contribution in [0.5, 0.6) is 0 Å². The minimum absolute atomic E-state index is 0.0348. The van der Waals surface area contributed by atoms with Crippen molar-refractivity contribution in [3.63, 3.8) is 0 Å². The maximum Gasteiger partial charge on any atom is 0.472 e. The fourth-order valence-corrected chi connectivity index (χ4v) is 9.91. The quantitative estimate of drug-likeness (QED) is 0.0243. The van der Waals surface area contributed by atoms with Crippen LogP contribution in [0.2, 0.25) is 0 Å². The van der Waals surface area contributed by atoms with Crippen LogP contribution in [0.1, 0.15) is 258 Å². The number of rotatable bonds is 62. The number of phosphoric acid groups is 1. The molecule has 0 rings (SSSR count). The summed E-state index contributed by atoms with van der Waals surface area (Å²) in [6, 6.07) is -0.910. The number of allylic oxidation sites excluding steroid dienone is 29. The fraction of sp³-hybridized carbons (Fsp3) is 0.608. The highest BCUT2D eigenvalue weighted by atomic mass is 31.2. The predicted octanol–water partition coefficient (Wildman–Crippen LogP) is 22.9. The third-order valence-corrected chi connectivity index (χ3v) is 15.6. The van der Waals surface area contributed by atoms with E-state index >= 15 is 0 Å². The first kappa shape index (κ1) is 83.6. The Morgan fingerprint density at radius 3 is 1.05 bits per heavy atom. The van der Waals surface area contributed by atoms with E-state index in [1.54, 1.807) is 6.08 Å². The molecule has 3 atom stereocenters. The lowest BCUT2D eigenvalue weighted by Crippen LogP contribution is -2.45. The maximum absolute atomic E-state index is 13.0. The predicted molar refractivity (Wildman–Crippen MR) is 386 cm³/mol. The molecular weight excluding hydrogens is 1100 g/mol. The minimum Gasteiger partial charge on any atom is -0.387 e. The summed E-state index contributed by atoms with van der Waals surface area (Å²) in [7, 11) is 1.49. The Morgan fingerprint density at radius 1 is 0.398 bits per heavy atom. The van der Waals surface area contributed by atoms with Gasteiger partial charge in [0.05, 0.1) is 39.9 Å². The third kappa shape index (κ3) is 69.1. The van der Waals surface area contributed by atoms with Gasteiger partial charge in [0, 0.05) is 6.42 Å². The number of nitrogens with zero attached hydrogens (tertiary/aromatic N) is 1. The number of nitrogens with one attached hydrogen (secondary N) is 1. The largest absolute Gasteiger partial charge is 0.472 e. The molecule has 0 radical (unpaired) electrons. The summed E-state index contributed by atoms with van der Waals surface area (Å²) in [4.78, 5) is 23.4. The van der Waals surface area contributed by atoms with Gasteiger partial charge in [-0.2, -0.15) is 0 Å². The number of hydrogen-bond donors (Lipinski definition) is 3. The van der Waals surface area contributed by atoms with Gasteiger partial charge in [-0.3, -0.25) is 13.8 Å². The Kier molecular flexibility index (Phi) is 63.7. The maximum atomic E-state index is 13.0. The molecule has 0 saturated heterocycles. The standard InChI is InChI=1S/C79H131N2O6P/c1-6-8-10-12-14-16-18-20-22-24-26-28-30-32-34-35-36-37-38-39-40-41-42-43-44-45-47-49-51-53-55-57-59-61-63-65-67-69-71-73-79(83)80-77(76-87-88(84,85)86-75-74-81(3,4)5)78(82)72-70-68-66-64-62-60-58-56-54-52-50-48-46-33-31-29-27-25-23-21-19-17-15-13-11-9-7-2/h8,10,14,16,20,22,26,28,32,34,36-37,39-40,42-43,45,47,51,53-54,56-57,59,62-65,70,72,77-78,82H,6-7,9,11-13,15,17-19,21,23-25,27,29-31,33,35,38,41,44,46,48-50,52,55,58,60-61,66-69,71,73-76H2,1-5H3,(H-,80,83,84,85)/p+1/b10-8-,16-14-,22-20-,28-26-,34-32-,37-36-,40-39-,43-42-,47-45-,53-51-,56-54+,59-57-,64-62+,65-63-,72-70+. The van der Waals surface area contributed by atoms with Crippen molar-refractivity contribution in [1.29, 1.82) is 0 Å². The Hall–Kier alpha value is -4.40. The van der Waals surface area contributed by atoms with Gasteiger partial charge in [0.1, 0.15) is 13.2 Å². The number of aliphatic hydroxyl groups excluding tert-OH is 1. The first-order valence-corrected chi connectivity index (χ1v) is 36.7. The molecule has 0 aromatic heterocycles. The molecule has 0 aliphatic heterocycles. The van der Waals surface area contributed by atoms with E-state index in [0.29, 0.717) is 17.4 Å². The van der Waals surface area contributed by atoms with Crippen LogP contribution in [-0.2, 0) is 18.4 Å². The minimum atomic E-state index is -4.39. The molecule has 1 amide bonds. The van der Waals surface area contributed by atoms with Crippen molar-refractivity contribution < 1.29 is 32.9 Å². The Balaban J connectivity index is 4.31. The number of amides is 1. The van der Waals surface area contributed by atoms with Gasteiger partial charge in [-0.05, 0) is 135 Å². The molecule has 3 N–H and O–H groups in total. The molecule has 88 heavy (non-hydrogen) atoms. The van der Waals surface area contributed by atoms with Gasteiger partial charge in [-0.1, -0.05) is 299 Å². The lowest BCUT2D eigenvalue weighted by Gasteiger charge is -2.25. The van der Waals surface area contributed by atoms with Crippen LogP contribution >= 0.6 is 7.82 Å². The number of carbonyl (C=O) groups excluding carboxylic acids is 1. The zero-order valence-electron chi connectivity index (χ0n) is 56.9. The summed E-state index contributed by atoms with van der Waals surface area (Å²) in [6.45, 7) is 4.63. The van der Waals surface area contributed by atoms with Crippen molar-refractivity contribution in [3.05, 3.63) is 182 Å². The molecule has 9 heteroatoms. The molecule has 0 spiro atoms. The van der Waals surface area contributed by atoms with E-state index in [9.17, 15) is 19.4 Å². The molecule has 0 aliphatic carbocycles. The topological polar surface area (TPSA) is 105 Å². The van der Waals surface area contributed by atoms with E-state index in [2.05, 4.69) is 189 Å². The van der Waals surface area contributed by atoms with Crippen LogP contribution in [0.25, 0.3) is 0 Å². The second kappa shape index (κ2) is 67.0. The molecule has 0 heterocycles. The van der Waals surface area contributed by atoms with Crippen molar-refractivity contribution in [3.8, 4) is 0 Å². The van der Waals surface area contributed by atoms with Crippen molar-refractivity contribution in [2.75, 3.05) is 40.9 Å². The van der Waals surface area contributed by atoms with E-state index in [1.165, 1.54) is 116 Å². The normalized spacial score (nSPS) is 14.8. The molecular formula is C79H132N2O6P+. The zero-order chi connectivity index (χ0) is 64.1. The van der Waals surface area contributed by atoms with Gasteiger partial charge in [-0.15, -0.1) is 0 Å². The van der Waals surface area contributed by atoms with Gasteiger partial charge in [-0.25, -0.2) is 4.57 Å². The summed E-state index contributed by atoms with van der Waals surface area (Å²) < 4.78 is 23.7. The molecule has 0 bridgehead atoms. The highest BCUT2D eigenvalue weighted by Gasteiger charge is 2.27. The summed E-state index contributed by atoms with van der Waals surface area (Å²) in [5.41, 5.74) is 0. The summed E-state index contributed by atoms with van der Waals surface area (Å²) in [5, 5.41) is 13.9. The molecule has 0 fully saturated rings. The van der Waals surface area contributed by atoms with Crippen LogP contribution < -0.4 is 5.32 Å².